The van der Waals surface area contributed by atoms with E-state index in [1.807, 2.05) is 0 Å². The van der Waals surface area contributed by atoms with Crippen LogP contribution in [-0.4, -0.2) is 43.6 Å². The highest BCUT2D eigenvalue weighted by molar-refractivity contribution is 6.39. The van der Waals surface area contributed by atoms with Gasteiger partial charge in [0.25, 0.3) is 0 Å². The third kappa shape index (κ3) is 5.16. The van der Waals surface area contributed by atoms with E-state index < -0.39 is 7.32 Å². The van der Waals surface area contributed by atoms with Gasteiger partial charge in [0, 0.05) is 18.2 Å². The van der Waals surface area contributed by atoms with Gasteiger partial charge in [-0.1, -0.05) is 0 Å². The number of rotatable bonds is 9. The Bertz CT molecular complexity index is 796. The predicted octanol–water partition coefficient (Wildman–Crippen LogP) is 2.42. The van der Waals surface area contributed by atoms with Gasteiger partial charge in [-0.3, -0.25) is 15.0 Å². The molecule has 0 spiro atoms. The van der Waals surface area contributed by atoms with E-state index in [9.17, 15) is 0 Å². The smallest absolute Gasteiger partial charge is 0.495 e. The summed E-state index contributed by atoms with van der Waals surface area (Å²) in [4.78, 5) is 12.2. The van der Waals surface area contributed by atoms with E-state index in [1.165, 1.54) is 39.9 Å². The minimum atomic E-state index is -1.17. The molecule has 0 unspecified atom stereocenters. The molecule has 3 rings (SSSR count). The lowest BCUT2D eigenvalue weighted by molar-refractivity contribution is 0.302. The minimum absolute atomic E-state index is 0.385. The van der Waals surface area contributed by atoms with E-state index in [1.54, 1.807) is 36.8 Å². The van der Waals surface area contributed by atoms with Crippen LogP contribution >= 0.6 is 0 Å². The van der Waals surface area contributed by atoms with Crippen molar-refractivity contribution in [2.75, 3.05) is 21.3 Å². The molecule has 0 atom stereocenters. The van der Waals surface area contributed by atoms with Crippen molar-refractivity contribution in [3.8, 4) is 34.5 Å². The first kappa shape index (κ1) is 19.1. The lowest BCUT2D eigenvalue weighted by Gasteiger charge is -2.16. The fourth-order valence-electron chi connectivity index (χ4n) is 2.13. The molecule has 0 saturated heterocycles. The van der Waals surface area contributed by atoms with Crippen LogP contribution in [0.4, 0.5) is 0 Å². The Kier molecular flexibility index (Phi) is 6.35. The summed E-state index contributed by atoms with van der Waals surface area (Å²) in [7, 11) is 3.44. The van der Waals surface area contributed by atoms with E-state index in [4.69, 9.17) is 28.2 Å². The SMILES string of the molecule is COc1cncc(OB(Oc2cncc(OC)c2)Oc2cncc(OC)c2)c1. The van der Waals surface area contributed by atoms with E-state index >= 15 is 0 Å². The summed E-state index contributed by atoms with van der Waals surface area (Å²) < 4.78 is 32.8. The Morgan fingerprint density at radius 2 is 0.786 bits per heavy atom. The quantitative estimate of drug-likeness (QED) is 0.516. The van der Waals surface area contributed by atoms with Crippen molar-refractivity contribution >= 4 is 7.32 Å². The molecule has 0 radical (unpaired) electrons. The molecule has 0 bridgehead atoms. The van der Waals surface area contributed by atoms with Crippen molar-refractivity contribution in [3.05, 3.63) is 55.4 Å². The zero-order valence-corrected chi connectivity index (χ0v) is 15.6. The second-order valence-electron chi connectivity index (χ2n) is 5.32. The van der Waals surface area contributed by atoms with Crippen LogP contribution in [0.1, 0.15) is 0 Å². The Morgan fingerprint density at radius 3 is 1.07 bits per heavy atom. The molecule has 10 heteroatoms. The maximum atomic E-state index is 5.79. The number of aromatic nitrogens is 3. The normalized spacial score (nSPS) is 9.96. The molecule has 0 saturated carbocycles. The van der Waals surface area contributed by atoms with Gasteiger partial charge in [0.2, 0.25) is 0 Å². The molecule has 0 aromatic carbocycles. The van der Waals surface area contributed by atoms with Crippen LogP contribution in [0.25, 0.3) is 0 Å². The van der Waals surface area contributed by atoms with Gasteiger partial charge < -0.3 is 28.2 Å². The Balaban J connectivity index is 1.83. The fourth-order valence-corrected chi connectivity index (χ4v) is 2.13. The summed E-state index contributed by atoms with van der Waals surface area (Å²) in [6, 6.07) is 4.96. The number of ether oxygens (including phenoxy) is 3. The van der Waals surface area contributed by atoms with Crippen LogP contribution in [-0.2, 0) is 0 Å². The summed E-state index contributed by atoms with van der Waals surface area (Å²) in [5.41, 5.74) is 0. The minimum Gasteiger partial charge on any atom is -0.495 e. The molecule has 0 amide bonds. The topological polar surface area (TPSA) is 94.1 Å². The average molecular weight is 383 g/mol. The van der Waals surface area contributed by atoms with E-state index in [-0.39, 0.29) is 0 Å². The van der Waals surface area contributed by atoms with Crippen molar-refractivity contribution in [2.45, 2.75) is 0 Å². The number of nitrogens with zero attached hydrogens (tertiary/aromatic N) is 3. The standard InChI is InChI=1S/C18H18BN3O6/c1-23-13-4-16(10-20-7-13)26-19(27-17-5-14(24-2)8-21-11-17)28-18-6-15(25-3)9-22-12-18/h4-12H,1-3H3. The molecule has 3 aromatic heterocycles. The summed E-state index contributed by atoms with van der Waals surface area (Å²) in [5, 5.41) is 0. The zero-order chi connectivity index (χ0) is 19.8. The Labute approximate surface area is 162 Å². The molecule has 0 aliphatic rings. The van der Waals surface area contributed by atoms with Gasteiger partial charge in [0.1, 0.15) is 34.5 Å². The van der Waals surface area contributed by atoms with Crippen LogP contribution in [0.5, 0.6) is 34.5 Å². The lowest BCUT2D eigenvalue weighted by atomic mass is 10.2. The predicted molar refractivity (Wildman–Crippen MR) is 100 cm³/mol. The summed E-state index contributed by atoms with van der Waals surface area (Å²) in [5.74, 6) is 2.75. The van der Waals surface area contributed by atoms with Gasteiger partial charge >= 0.3 is 7.32 Å². The maximum absolute atomic E-state index is 5.79. The summed E-state index contributed by atoms with van der Waals surface area (Å²) in [6.07, 6.45) is 9.20. The molecule has 3 aromatic rings. The van der Waals surface area contributed by atoms with Crippen LogP contribution in [0.15, 0.2) is 55.4 Å². The van der Waals surface area contributed by atoms with Gasteiger partial charge in [0.05, 0.1) is 58.5 Å². The molecule has 0 fully saturated rings. The van der Waals surface area contributed by atoms with Gasteiger partial charge in [0.15, 0.2) is 0 Å². The average Bonchev–Trinajstić information content (AvgIpc) is 2.74. The highest BCUT2D eigenvalue weighted by Crippen LogP contribution is 2.23. The van der Waals surface area contributed by atoms with Crippen molar-refractivity contribution in [1.29, 1.82) is 0 Å². The van der Waals surface area contributed by atoms with Crippen molar-refractivity contribution in [1.82, 2.24) is 15.0 Å². The van der Waals surface area contributed by atoms with E-state index in [2.05, 4.69) is 15.0 Å². The van der Waals surface area contributed by atoms with Crippen molar-refractivity contribution < 1.29 is 28.2 Å². The second kappa shape index (κ2) is 9.31. The van der Waals surface area contributed by atoms with E-state index in [0.29, 0.717) is 34.5 Å². The highest BCUT2D eigenvalue weighted by Gasteiger charge is 2.31. The third-order valence-corrected chi connectivity index (χ3v) is 3.47. The monoisotopic (exact) mass is 383 g/mol. The molecule has 3 heterocycles. The lowest BCUT2D eigenvalue weighted by Crippen LogP contribution is -2.37. The molecule has 0 aliphatic carbocycles. The first-order chi connectivity index (χ1) is 13.7. The number of pyridine rings is 3. The third-order valence-electron chi connectivity index (χ3n) is 3.47. The molecular formula is C18H18BN3O6. The molecule has 28 heavy (non-hydrogen) atoms. The van der Waals surface area contributed by atoms with Crippen LogP contribution in [0, 0.1) is 0 Å². The van der Waals surface area contributed by atoms with Crippen molar-refractivity contribution in [3.63, 3.8) is 0 Å². The zero-order valence-electron chi connectivity index (χ0n) is 15.6. The molecule has 9 nitrogen and oxygen atoms in total. The van der Waals surface area contributed by atoms with Gasteiger partial charge in [-0.05, 0) is 0 Å². The molecular weight excluding hydrogens is 365 g/mol. The molecule has 144 valence electrons. The number of hydrogen-bond donors (Lipinski definition) is 0. The van der Waals surface area contributed by atoms with Crippen LogP contribution in [0.2, 0.25) is 0 Å². The fraction of sp³-hybridized carbons (Fsp3) is 0.167. The number of hydrogen-bond acceptors (Lipinski definition) is 9. The van der Waals surface area contributed by atoms with Crippen LogP contribution < -0.4 is 28.2 Å². The van der Waals surface area contributed by atoms with Crippen LogP contribution in [0.3, 0.4) is 0 Å². The summed E-state index contributed by atoms with van der Waals surface area (Å²) in [6.45, 7) is 0. The Hall–Kier alpha value is -3.69. The highest BCUT2D eigenvalue weighted by atomic mass is 16.7. The molecule has 0 aliphatic heterocycles. The van der Waals surface area contributed by atoms with Gasteiger partial charge in [-0.2, -0.15) is 0 Å². The van der Waals surface area contributed by atoms with Crippen molar-refractivity contribution in [2.24, 2.45) is 0 Å². The van der Waals surface area contributed by atoms with Gasteiger partial charge in [-0.25, -0.2) is 0 Å². The Morgan fingerprint density at radius 1 is 0.500 bits per heavy atom. The molecule has 0 N–H and O–H groups in total. The largest absolute Gasteiger partial charge is 0.864 e. The van der Waals surface area contributed by atoms with Gasteiger partial charge in [-0.15, -0.1) is 0 Å². The maximum Gasteiger partial charge on any atom is 0.864 e. The second-order valence-corrected chi connectivity index (χ2v) is 5.32. The van der Waals surface area contributed by atoms with E-state index in [0.717, 1.165) is 0 Å². The first-order valence-corrected chi connectivity index (χ1v) is 8.17. The number of methoxy groups -OCH3 is 3. The first-order valence-electron chi connectivity index (χ1n) is 8.17. The summed E-state index contributed by atoms with van der Waals surface area (Å²) >= 11 is 0.